The van der Waals surface area contributed by atoms with E-state index in [4.69, 9.17) is 9.97 Å². The topological polar surface area (TPSA) is 61.8 Å². The second kappa shape index (κ2) is 5.92. The third-order valence-electron chi connectivity index (χ3n) is 5.52. The zero-order valence-corrected chi connectivity index (χ0v) is 17.0. The van der Waals surface area contributed by atoms with Gasteiger partial charge in [0, 0.05) is 43.1 Å². The highest BCUT2D eigenvalue weighted by Gasteiger charge is 2.31. The largest absolute Gasteiger partial charge is 0.344 e. The van der Waals surface area contributed by atoms with Gasteiger partial charge in [-0.3, -0.25) is 10.2 Å². The van der Waals surface area contributed by atoms with E-state index in [0.717, 1.165) is 38.4 Å². The highest BCUT2D eigenvalue weighted by Crippen LogP contribution is 2.27. The Kier molecular flexibility index (Phi) is 4.04. The van der Waals surface area contributed by atoms with Gasteiger partial charge in [0.25, 0.3) is 0 Å². The summed E-state index contributed by atoms with van der Waals surface area (Å²) in [6.45, 7) is 17.1. The lowest BCUT2D eigenvalue weighted by Gasteiger charge is -2.36. The molecule has 0 saturated heterocycles. The predicted octanol–water partition coefficient (Wildman–Crippen LogP) is 2.69. The fourth-order valence-corrected chi connectivity index (χ4v) is 3.75. The molecule has 2 N–H and O–H groups in total. The van der Waals surface area contributed by atoms with Crippen molar-refractivity contribution in [3.05, 3.63) is 34.9 Å². The summed E-state index contributed by atoms with van der Waals surface area (Å²) in [5.41, 5.74) is 3.83. The summed E-state index contributed by atoms with van der Waals surface area (Å²) in [5, 5.41) is 3.70. The molecule has 0 radical (unpaired) electrons. The molecular formula is C20H32N6. The Morgan fingerprint density at radius 2 is 1.81 bits per heavy atom. The monoisotopic (exact) mass is 356 g/mol. The lowest BCUT2D eigenvalue weighted by Crippen LogP contribution is -2.51. The second-order valence-electron chi connectivity index (χ2n) is 9.82. The van der Waals surface area contributed by atoms with Gasteiger partial charge in [-0.15, -0.1) is 0 Å². The van der Waals surface area contributed by atoms with Crippen LogP contribution >= 0.6 is 0 Å². The molecule has 0 spiro atoms. The van der Waals surface area contributed by atoms with Gasteiger partial charge in [-0.25, -0.2) is 9.97 Å². The molecular weight excluding hydrogens is 324 g/mol. The first-order chi connectivity index (χ1) is 12.1. The van der Waals surface area contributed by atoms with Gasteiger partial charge in [0.1, 0.15) is 11.6 Å². The normalized spacial score (nSPS) is 21.5. The van der Waals surface area contributed by atoms with Gasteiger partial charge in [0.05, 0.1) is 29.8 Å². The van der Waals surface area contributed by atoms with Crippen molar-refractivity contribution >= 4 is 0 Å². The van der Waals surface area contributed by atoms with E-state index in [-0.39, 0.29) is 10.8 Å². The standard InChI is InChI=1S/C20H32N6/c1-19(2,3)15-11-25-7-8-26(12-17(25)24-15)16-9-13-14(10-21-16)23-18(22-13)20(4,5)6/h11,16,21H,7-10,12H2,1-6H3,(H,22,23). The molecule has 6 nitrogen and oxygen atoms in total. The van der Waals surface area contributed by atoms with E-state index in [1.165, 1.54) is 22.9 Å². The van der Waals surface area contributed by atoms with E-state index >= 15 is 0 Å². The van der Waals surface area contributed by atoms with Gasteiger partial charge >= 0.3 is 0 Å². The van der Waals surface area contributed by atoms with Crippen molar-refractivity contribution in [2.24, 2.45) is 0 Å². The maximum absolute atomic E-state index is 4.92. The molecule has 2 aliphatic rings. The minimum Gasteiger partial charge on any atom is -0.344 e. The van der Waals surface area contributed by atoms with Crippen molar-refractivity contribution in [2.75, 3.05) is 6.54 Å². The average Bonchev–Trinajstić information content (AvgIpc) is 3.16. The van der Waals surface area contributed by atoms with Crippen molar-refractivity contribution < 1.29 is 0 Å². The number of nitrogens with zero attached hydrogens (tertiary/aromatic N) is 4. The summed E-state index contributed by atoms with van der Waals surface area (Å²) in [5.74, 6) is 2.28. The molecule has 26 heavy (non-hydrogen) atoms. The maximum Gasteiger partial charge on any atom is 0.123 e. The second-order valence-corrected chi connectivity index (χ2v) is 9.82. The average molecular weight is 357 g/mol. The van der Waals surface area contributed by atoms with Crippen LogP contribution in [0.4, 0.5) is 0 Å². The number of hydrogen-bond acceptors (Lipinski definition) is 4. The SMILES string of the molecule is CC(C)(C)c1cn2c(n1)CN(C1Cc3nc(C(C)(C)C)[nH]c3CN1)CC2. The zero-order valence-electron chi connectivity index (χ0n) is 17.0. The van der Waals surface area contributed by atoms with Crippen molar-refractivity contribution in [1.82, 2.24) is 29.7 Å². The molecule has 1 unspecified atom stereocenters. The van der Waals surface area contributed by atoms with Crippen molar-refractivity contribution in [2.45, 2.75) is 84.6 Å². The molecule has 0 amide bonds. The number of aromatic nitrogens is 4. The van der Waals surface area contributed by atoms with E-state index in [2.05, 4.69) is 67.5 Å². The van der Waals surface area contributed by atoms with E-state index in [0.29, 0.717) is 6.17 Å². The first-order valence-electron chi connectivity index (χ1n) is 9.73. The Balaban J connectivity index is 1.50. The fraction of sp³-hybridized carbons (Fsp3) is 0.700. The van der Waals surface area contributed by atoms with Crippen LogP contribution in [0.3, 0.4) is 0 Å². The minimum absolute atomic E-state index is 0.0616. The molecule has 0 aliphatic carbocycles. The number of imidazole rings is 2. The molecule has 2 aromatic rings. The maximum atomic E-state index is 4.92. The molecule has 0 saturated carbocycles. The van der Waals surface area contributed by atoms with Crippen molar-refractivity contribution in [3.8, 4) is 0 Å². The van der Waals surface area contributed by atoms with Gasteiger partial charge < -0.3 is 9.55 Å². The summed E-state index contributed by atoms with van der Waals surface area (Å²) >= 11 is 0. The highest BCUT2D eigenvalue weighted by molar-refractivity contribution is 5.22. The summed E-state index contributed by atoms with van der Waals surface area (Å²) < 4.78 is 2.33. The van der Waals surface area contributed by atoms with Gasteiger partial charge in [0.2, 0.25) is 0 Å². The van der Waals surface area contributed by atoms with Crippen LogP contribution in [0.25, 0.3) is 0 Å². The highest BCUT2D eigenvalue weighted by atomic mass is 15.3. The lowest BCUT2D eigenvalue weighted by atomic mass is 9.93. The Bertz CT molecular complexity index is 733. The van der Waals surface area contributed by atoms with Crippen molar-refractivity contribution in [3.63, 3.8) is 0 Å². The molecule has 2 aromatic heterocycles. The Morgan fingerprint density at radius 1 is 1.04 bits per heavy atom. The molecule has 0 bridgehead atoms. The quantitative estimate of drug-likeness (QED) is 0.825. The zero-order chi connectivity index (χ0) is 18.7. The van der Waals surface area contributed by atoms with Crippen LogP contribution in [0.15, 0.2) is 6.20 Å². The minimum atomic E-state index is 0.0616. The van der Waals surface area contributed by atoms with Crippen LogP contribution in [0.2, 0.25) is 0 Å². The van der Waals surface area contributed by atoms with Gasteiger partial charge in [-0.05, 0) is 0 Å². The van der Waals surface area contributed by atoms with Crippen molar-refractivity contribution in [1.29, 1.82) is 0 Å². The molecule has 6 heteroatoms. The molecule has 4 rings (SSSR count). The molecule has 2 aliphatic heterocycles. The van der Waals surface area contributed by atoms with Crippen LogP contribution in [0.5, 0.6) is 0 Å². The smallest absolute Gasteiger partial charge is 0.123 e. The number of fused-ring (bicyclic) bond motifs is 2. The molecule has 0 aromatic carbocycles. The van der Waals surface area contributed by atoms with E-state index < -0.39 is 0 Å². The third kappa shape index (κ3) is 3.21. The molecule has 4 heterocycles. The summed E-state index contributed by atoms with van der Waals surface area (Å²) in [6.07, 6.45) is 3.53. The lowest BCUT2D eigenvalue weighted by molar-refractivity contribution is 0.118. The third-order valence-corrected chi connectivity index (χ3v) is 5.52. The first kappa shape index (κ1) is 17.7. The summed E-state index contributed by atoms with van der Waals surface area (Å²) in [7, 11) is 0. The molecule has 0 fully saturated rings. The first-order valence-corrected chi connectivity index (χ1v) is 9.73. The summed E-state index contributed by atoms with van der Waals surface area (Å²) in [6, 6.07) is 0. The molecule has 1 atom stereocenters. The predicted molar refractivity (Wildman–Crippen MR) is 103 cm³/mol. The van der Waals surface area contributed by atoms with E-state index in [1.54, 1.807) is 0 Å². The van der Waals surface area contributed by atoms with Gasteiger partial charge in [0.15, 0.2) is 0 Å². The number of H-pyrrole nitrogens is 1. The fourth-order valence-electron chi connectivity index (χ4n) is 3.75. The Hall–Kier alpha value is -1.66. The Labute approximate surface area is 156 Å². The summed E-state index contributed by atoms with van der Waals surface area (Å²) in [4.78, 5) is 15.9. The van der Waals surface area contributed by atoms with Crippen LogP contribution in [0.1, 0.15) is 70.3 Å². The van der Waals surface area contributed by atoms with Gasteiger partial charge in [-0.1, -0.05) is 41.5 Å². The molecule has 142 valence electrons. The number of nitrogens with one attached hydrogen (secondary N) is 2. The van der Waals surface area contributed by atoms with Crippen LogP contribution < -0.4 is 5.32 Å². The Morgan fingerprint density at radius 3 is 2.50 bits per heavy atom. The van der Waals surface area contributed by atoms with Crippen LogP contribution in [0, 0.1) is 0 Å². The number of hydrogen-bond donors (Lipinski definition) is 2. The number of aromatic amines is 1. The number of rotatable bonds is 1. The van der Waals surface area contributed by atoms with Crippen LogP contribution in [-0.4, -0.2) is 37.1 Å². The van der Waals surface area contributed by atoms with E-state index in [9.17, 15) is 0 Å². The van der Waals surface area contributed by atoms with Gasteiger partial charge in [-0.2, -0.15) is 0 Å². The van der Waals surface area contributed by atoms with E-state index in [1.807, 2.05) is 0 Å². The van der Waals surface area contributed by atoms with Crippen LogP contribution in [-0.2, 0) is 36.9 Å².